The van der Waals surface area contributed by atoms with Crippen molar-refractivity contribution >= 4 is 5.97 Å². The summed E-state index contributed by atoms with van der Waals surface area (Å²) < 4.78 is 0. The predicted molar refractivity (Wildman–Crippen MR) is 71.7 cm³/mol. The Balaban J connectivity index is 1.84. The zero-order valence-corrected chi connectivity index (χ0v) is 11.7. The highest BCUT2D eigenvalue weighted by atomic mass is 16.4. The molecule has 0 aromatic carbocycles. The molecule has 104 valence electrons. The molecule has 2 heterocycles. The first kappa shape index (κ1) is 13.8. The van der Waals surface area contributed by atoms with Gasteiger partial charge in [0.2, 0.25) is 0 Å². The summed E-state index contributed by atoms with van der Waals surface area (Å²) in [7, 11) is 0. The number of aliphatic carboxylic acids is 1. The fraction of sp³-hybridized carbons (Fsp3) is 0.929. The van der Waals surface area contributed by atoms with Crippen molar-refractivity contribution in [2.45, 2.75) is 45.6 Å². The zero-order chi connectivity index (χ0) is 13.2. The van der Waals surface area contributed by atoms with E-state index in [4.69, 9.17) is 5.11 Å². The van der Waals surface area contributed by atoms with Crippen molar-refractivity contribution in [3.8, 4) is 0 Å². The Bertz CT molecular complexity index is 304. The third-order valence-corrected chi connectivity index (χ3v) is 4.52. The number of nitrogens with zero attached hydrogens (tertiary/aromatic N) is 2. The third-order valence-electron chi connectivity index (χ3n) is 4.52. The Labute approximate surface area is 110 Å². The Morgan fingerprint density at radius 1 is 1.28 bits per heavy atom. The largest absolute Gasteiger partial charge is 0.481 e. The predicted octanol–water partition coefficient (Wildman–Crippen LogP) is 1.66. The normalized spacial score (nSPS) is 26.9. The van der Waals surface area contributed by atoms with Crippen LogP contribution in [0, 0.1) is 5.41 Å². The molecule has 2 aliphatic heterocycles. The van der Waals surface area contributed by atoms with Crippen LogP contribution in [0.2, 0.25) is 0 Å². The second-order valence-electron chi connectivity index (χ2n) is 6.43. The molecule has 0 bridgehead atoms. The Morgan fingerprint density at radius 2 is 2.00 bits per heavy atom. The van der Waals surface area contributed by atoms with Gasteiger partial charge in [-0.3, -0.25) is 9.69 Å². The molecule has 0 radical (unpaired) electrons. The van der Waals surface area contributed by atoms with Crippen molar-refractivity contribution < 1.29 is 9.90 Å². The number of carboxylic acid groups (broad SMARTS) is 1. The molecule has 1 N–H and O–H groups in total. The van der Waals surface area contributed by atoms with Gasteiger partial charge in [-0.15, -0.1) is 0 Å². The lowest BCUT2D eigenvalue weighted by Crippen LogP contribution is -2.38. The molecule has 0 aromatic rings. The fourth-order valence-electron chi connectivity index (χ4n) is 3.03. The number of rotatable bonds is 4. The molecule has 2 fully saturated rings. The SMILES string of the molecule is CC(C)(CCN1CCCN2CCCC2C1)C(=O)O. The lowest BCUT2D eigenvalue weighted by Gasteiger charge is -2.28. The lowest BCUT2D eigenvalue weighted by molar-refractivity contribution is -0.147. The molecule has 0 amide bonds. The minimum absolute atomic E-state index is 0.596. The molecule has 4 nitrogen and oxygen atoms in total. The molecule has 2 aliphatic rings. The summed E-state index contributed by atoms with van der Waals surface area (Å²) in [5, 5.41) is 9.15. The summed E-state index contributed by atoms with van der Waals surface area (Å²) >= 11 is 0. The van der Waals surface area contributed by atoms with Gasteiger partial charge in [-0.1, -0.05) is 0 Å². The fourth-order valence-corrected chi connectivity index (χ4v) is 3.03. The van der Waals surface area contributed by atoms with Crippen molar-refractivity contribution in [1.29, 1.82) is 0 Å². The first-order chi connectivity index (χ1) is 8.49. The average molecular weight is 254 g/mol. The van der Waals surface area contributed by atoms with E-state index in [9.17, 15) is 4.79 Å². The molecule has 0 spiro atoms. The molecule has 1 unspecified atom stereocenters. The van der Waals surface area contributed by atoms with Crippen LogP contribution in [0.25, 0.3) is 0 Å². The number of hydrogen-bond donors (Lipinski definition) is 1. The van der Waals surface area contributed by atoms with Crippen LogP contribution in [0.5, 0.6) is 0 Å². The van der Waals surface area contributed by atoms with E-state index in [0.717, 1.165) is 32.1 Å². The van der Waals surface area contributed by atoms with Crippen molar-refractivity contribution in [2.75, 3.05) is 32.7 Å². The van der Waals surface area contributed by atoms with E-state index in [0.29, 0.717) is 0 Å². The molecule has 1 atom stereocenters. The van der Waals surface area contributed by atoms with Gasteiger partial charge in [0.1, 0.15) is 0 Å². The average Bonchev–Trinajstić information content (AvgIpc) is 2.65. The first-order valence-electron chi connectivity index (χ1n) is 7.19. The van der Waals surface area contributed by atoms with Crippen LogP contribution in [0.15, 0.2) is 0 Å². The van der Waals surface area contributed by atoms with Crippen LogP contribution < -0.4 is 0 Å². The Morgan fingerprint density at radius 3 is 2.72 bits per heavy atom. The van der Waals surface area contributed by atoms with E-state index in [1.165, 1.54) is 32.4 Å². The number of carboxylic acids is 1. The van der Waals surface area contributed by atoms with E-state index in [1.54, 1.807) is 0 Å². The van der Waals surface area contributed by atoms with Crippen molar-refractivity contribution in [3.05, 3.63) is 0 Å². The van der Waals surface area contributed by atoms with E-state index in [1.807, 2.05) is 13.8 Å². The van der Waals surface area contributed by atoms with Crippen LogP contribution in [-0.2, 0) is 4.79 Å². The van der Waals surface area contributed by atoms with Gasteiger partial charge in [0, 0.05) is 12.6 Å². The Hall–Kier alpha value is -0.610. The monoisotopic (exact) mass is 254 g/mol. The Kier molecular flexibility index (Phi) is 4.28. The minimum atomic E-state index is -0.681. The van der Waals surface area contributed by atoms with Crippen LogP contribution in [-0.4, -0.2) is 59.6 Å². The van der Waals surface area contributed by atoms with E-state index in [-0.39, 0.29) is 0 Å². The van der Waals surface area contributed by atoms with Gasteiger partial charge in [-0.05, 0) is 65.7 Å². The molecule has 4 heteroatoms. The smallest absolute Gasteiger partial charge is 0.309 e. The van der Waals surface area contributed by atoms with Crippen molar-refractivity contribution in [3.63, 3.8) is 0 Å². The minimum Gasteiger partial charge on any atom is -0.481 e. The van der Waals surface area contributed by atoms with Gasteiger partial charge in [0.25, 0.3) is 0 Å². The maximum Gasteiger partial charge on any atom is 0.309 e. The van der Waals surface area contributed by atoms with Crippen molar-refractivity contribution in [1.82, 2.24) is 9.80 Å². The summed E-state index contributed by atoms with van der Waals surface area (Å²) in [6.07, 6.45) is 4.62. The molecular formula is C14H26N2O2. The topological polar surface area (TPSA) is 43.8 Å². The van der Waals surface area contributed by atoms with Gasteiger partial charge in [0.15, 0.2) is 0 Å². The summed E-state index contributed by atoms with van der Waals surface area (Å²) in [4.78, 5) is 16.2. The van der Waals surface area contributed by atoms with Crippen molar-refractivity contribution in [2.24, 2.45) is 5.41 Å². The highest BCUT2D eigenvalue weighted by molar-refractivity contribution is 5.73. The molecular weight excluding hydrogens is 228 g/mol. The number of fused-ring (bicyclic) bond motifs is 1. The highest BCUT2D eigenvalue weighted by Crippen LogP contribution is 2.24. The highest BCUT2D eigenvalue weighted by Gasteiger charge is 2.31. The summed E-state index contributed by atoms with van der Waals surface area (Å²) in [6.45, 7) is 9.33. The lowest BCUT2D eigenvalue weighted by atomic mass is 9.89. The molecule has 0 aliphatic carbocycles. The molecule has 2 saturated heterocycles. The van der Waals surface area contributed by atoms with Crippen LogP contribution in [0.3, 0.4) is 0 Å². The molecule has 0 saturated carbocycles. The van der Waals surface area contributed by atoms with Gasteiger partial charge < -0.3 is 10.0 Å². The molecule has 0 aromatic heterocycles. The quantitative estimate of drug-likeness (QED) is 0.828. The second-order valence-corrected chi connectivity index (χ2v) is 6.43. The standard InChI is InChI=1S/C14H26N2O2/c1-14(2,13(17)18)6-10-15-7-4-9-16-8-3-5-12(16)11-15/h12H,3-11H2,1-2H3,(H,17,18). The summed E-state index contributed by atoms with van der Waals surface area (Å²) in [5.41, 5.74) is -0.596. The van der Waals surface area contributed by atoms with E-state index < -0.39 is 11.4 Å². The van der Waals surface area contributed by atoms with Gasteiger partial charge >= 0.3 is 5.97 Å². The first-order valence-corrected chi connectivity index (χ1v) is 7.19. The van der Waals surface area contributed by atoms with Gasteiger partial charge in [0.05, 0.1) is 5.41 Å². The summed E-state index contributed by atoms with van der Waals surface area (Å²) in [6, 6.07) is 0.723. The second kappa shape index (κ2) is 5.57. The molecule has 18 heavy (non-hydrogen) atoms. The zero-order valence-electron chi connectivity index (χ0n) is 11.7. The number of carbonyl (C=O) groups is 1. The summed E-state index contributed by atoms with van der Waals surface area (Å²) in [5.74, 6) is -0.681. The molecule has 2 rings (SSSR count). The van der Waals surface area contributed by atoms with Gasteiger partial charge in [-0.25, -0.2) is 0 Å². The van der Waals surface area contributed by atoms with Gasteiger partial charge in [-0.2, -0.15) is 0 Å². The van der Waals surface area contributed by atoms with Crippen LogP contribution >= 0.6 is 0 Å². The van der Waals surface area contributed by atoms with E-state index >= 15 is 0 Å². The van der Waals surface area contributed by atoms with E-state index in [2.05, 4.69) is 9.80 Å². The third kappa shape index (κ3) is 3.23. The van der Waals surface area contributed by atoms with Crippen LogP contribution in [0.4, 0.5) is 0 Å². The maximum atomic E-state index is 11.1. The number of hydrogen-bond acceptors (Lipinski definition) is 3. The maximum absolute atomic E-state index is 11.1. The van der Waals surface area contributed by atoms with Crippen LogP contribution in [0.1, 0.15) is 39.5 Å².